The molecule has 38 heavy (non-hydrogen) atoms. The van der Waals surface area contributed by atoms with Crippen LogP contribution < -0.4 is 15.2 Å². The Hall–Kier alpha value is -3.13. The van der Waals surface area contributed by atoms with Crippen LogP contribution in [-0.4, -0.2) is 58.6 Å². The lowest BCUT2D eigenvalue weighted by Gasteiger charge is -2.39. The SMILES string of the molecule is CCn1c(N2CC(C)OC(C)C2)c(C=C2SC(=S)N(CCc3ccc(OC)cc3)C2=O)c(C)c(C#N)c1=O. The van der Waals surface area contributed by atoms with Gasteiger partial charge in [0.25, 0.3) is 11.5 Å². The van der Waals surface area contributed by atoms with E-state index in [0.29, 0.717) is 58.8 Å². The lowest BCUT2D eigenvalue weighted by atomic mass is 10.0. The summed E-state index contributed by atoms with van der Waals surface area (Å²) in [4.78, 5) is 31.0. The topological polar surface area (TPSA) is 87.8 Å². The van der Waals surface area contributed by atoms with Gasteiger partial charge in [-0.2, -0.15) is 5.26 Å². The molecule has 0 spiro atoms. The largest absolute Gasteiger partial charge is 0.497 e. The molecule has 2 fully saturated rings. The van der Waals surface area contributed by atoms with Crippen molar-refractivity contribution in [2.45, 2.75) is 52.9 Å². The molecule has 2 unspecified atom stereocenters. The average Bonchev–Trinajstić information content (AvgIpc) is 3.15. The Labute approximate surface area is 232 Å². The standard InChI is InChI=1S/C28H32N4O4S2/c1-6-31-25(30-15-17(2)36-18(3)16-30)22(19(4)23(14-29)26(31)33)13-24-27(34)32(28(37)38-24)12-11-20-7-9-21(35-5)10-8-20/h7-10,13,17-18H,6,11-12,15-16H2,1-5H3. The van der Waals surface area contributed by atoms with Crippen LogP contribution in [-0.2, 0) is 22.5 Å². The van der Waals surface area contributed by atoms with Gasteiger partial charge in [-0.3, -0.25) is 19.1 Å². The number of thioether (sulfide) groups is 1. The lowest BCUT2D eigenvalue weighted by molar-refractivity contribution is -0.122. The molecule has 1 aromatic carbocycles. The predicted molar refractivity (Wildman–Crippen MR) is 155 cm³/mol. The van der Waals surface area contributed by atoms with E-state index in [2.05, 4.69) is 11.0 Å². The maximum atomic E-state index is 13.5. The number of thiocarbonyl (C=S) groups is 1. The highest BCUT2D eigenvalue weighted by Crippen LogP contribution is 2.36. The van der Waals surface area contributed by atoms with Crippen molar-refractivity contribution in [3.05, 3.63) is 61.8 Å². The van der Waals surface area contributed by atoms with E-state index in [1.54, 1.807) is 29.6 Å². The number of hydrogen-bond donors (Lipinski definition) is 0. The molecular weight excluding hydrogens is 520 g/mol. The zero-order chi connectivity index (χ0) is 27.6. The number of anilines is 1. The van der Waals surface area contributed by atoms with Gasteiger partial charge < -0.3 is 14.4 Å². The van der Waals surface area contributed by atoms with Gasteiger partial charge in [0.05, 0.1) is 24.2 Å². The molecule has 0 N–H and O–H groups in total. The van der Waals surface area contributed by atoms with E-state index in [0.717, 1.165) is 11.3 Å². The Morgan fingerprint density at radius 2 is 1.87 bits per heavy atom. The average molecular weight is 553 g/mol. The fraction of sp³-hybridized carbons (Fsp3) is 0.429. The quantitative estimate of drug-likeness (QED) is 0.375. The number of benzene rings is 1. The maximum absolute atomic E-state index is 13.5. The summed E-state index contributed by atoms with van der Waals surface area (Å²) in [5.41, 5.74) is 2.10. The molecule has 2 saturated heterocycles. The van der Waals surface area contributed by atoms with E-state index in [9.17, 15) is 14.9 Å². The zero-order valence-electron chi connectivity index (χ0n) is 22.3. The van der Waals surface area contributed by atoms with Crippen LogP contribution in [0.1, 0.15) is 43.0 Å². The number of ether oxygens (including phenoxy) is 2. The van der Waals surface area contributed by atoms with Gasteiger partial charge >= 0.3 is 0 Å². The third-order valence-corrected chi connectivity index (χ3v) is 8.19. The Balaban J connectivity index is 1.71. The van der Waals surface area contributed by atoms with E-state index in [-0.39, 0.29) is 29.2 Å². The number of carbonyl (C=O) groups is 1. The first-order chi connectivity index (χ1) is 18.2. The van der Waals surface area contributed by atoms with Crippen molar-refractivity contribution < 1.29 is 14.3 Å². The van der Waals surface area contributed by atoms with E-state index < -0.39 is 0 Å². The first-order valence-corrected chi connectivity index (χ1v) is 13.9. The van der Waals surface area contributed by atoms with Crippen LogP contribution in [0.3, 0.4) is 0 Å². The second-order valence-electron chi connectivity index (χ2n) is 9.49. The van der Waals surface area contributed by atoms with Gasteiger partial charge in [0, 0.05) is 31.7 Å². The molecule has 200 valence electrons. The number of amides is 1. The van der Waals surface area contributed by atoms with Gasteiger partial charge in [-0.1, -0.05) is 36.1 Å². The lowest BCUT2D eigenvalue weighted by Crippen LogP contribution is -2.48. The first kappa shape index (κ1) is 27.9. The number of nitrogens with zero attached hydrogens (tertiary/aromatic N) is 4. The number of pyridine rings is 1. The Bertz CT molecular complexity index is 1370. The van der Waals surface area contributed by atoms with Crippen molar-refractivity contribution >= 4 is 46.1 Å². The number of methoxy groups -OCH3 is 1. The molecule has 0 bridgehead atoms. The molecule has 0 radical (unpaired) electrons. The Morgan fingerprint density at radius 3 is 2.45 bits per heavy atom. The molecule has 4 rings (SSSR count). The second kappa shape index (κ2) is 11.7. The molecule has 10 heteroatoms. The number of morpholine rings is 1. The summed E-state index contributed by atoms with van der Waals surface area (Å²) in [5.74, 6) is 1.32. The van der Waals surface area contributed by atoms with Crippen LogP contribution in [0.25, 0.3) is 6.08 Å². The molecule has 0 saturated carbocycles. The summed E-state index contributed by atoms with van der Waals surface area (Å²) in [6.45, 7) is 9.70. The van der Waals surface area contributed by atoms with Crippen molar-refractivity contribution in [2.24, 2.45) is 0 Å². The van der Waals surface area contributed by atoms with Crippen molar-refractivity contribution in [2.75, 3.05) is 31.6 Å². The molecule has 1 aromatic heterocycles. The van der Waals surface area contributed by atoms with Gasteiger partial charge in [0.2, 0.25) is 0 Å². The van der Waals surface area contributed by atoms with E-state index in [1.165, 1.54) is 11.8 Å². The summed E-state index contributed by atoms with van der Waals surface area (Å²) in [7, 11) is 1.63. The second-order valence-corrected chi connectivity index (χ2v) is 11.2. The molecule has 3 heterocycles. The number of rotatable bonds is 7. The number of hydrogen-bond acceptors (Lipinski definition) is 8. The highest BCUT2D eigenvalue weighted by molar-refractivity contribution is 8.26. The van der Waals surface area contributed by atoms with E-state index >= 15 is 0 Å². The van der Waals surface area contributed by atoms with E-state index in [4.69, 9.17) is 21.7 Å². The van der Waals surface area contributed by atoms with Crippen molar-refractivity contribution in [1.82, 2.24) is 9.47 Å². The zero-order valence-corrected chi connectivity index (χ0v) is 23.9. The van der Waals surface area contributed by atoms with Gasteiger partial charge in [0.1, 0.15) is 27.5 Å². The van der Waals surface area contributed by atoms with E-state index in [1.807, 2.05) is 45.0 Å². The van der Waals surface area contributed by atoms with Crippen LogP contribution in [0.5, 0.6) is 5.75 Å². The summed E-state index contributed by atoms with van der Waals surface area (Å²) in [6, 6.07) is 9.83. The molecule has 2 atom stereocenters. The predicted octanol–water partition coefficient (Wildman–Crippen LogP) is 4.11. The van der Waals surface area contributed by atoms with Crippen LogP contribution in [0.15, 0.2) is 34.0 Å². The Morgan fingerprint density at radius 1 is 1.21 bits per heavy atom. The Kier molecular flexibility index (Phi) is 8.61. The van der Waals surface area contributed by atoms with Crippen LogP contribution >= 0.6 is 24.0 Å². The number of aromatic nitrogens is 1. The number of nitriles is 1. The molecule has 2 aliphatic rings. The van der Waals surface area contributed by atoms with Crippen LogP contribution in [0.4, 0.5) is 5.82 Å². The minimum atomic E-state index is -0.321. The fourth-order valence-electron chi connectivity index (χ4n) is 4.99. The van der Waals surface area contributed by atoms with Gasteiger partial charge in [-0.15, -0.1) is 0 Å². The monoisotopic (exact) mass is 552 g/mol. The number of carbonyl (C=O) groups excluding carboxylic acids is 1. The molecule has 0 aliphatic carbocycles. The third kappa shape index (κ3) is 5.51. The molecule has 2 aromatic rings. The first-order valence-electron chi connectivity index (χ1n) is 12.6. The fourth-order valence-corrected chi connectivity index (χ4v) is 6.28. The minimum absolute atomic E-state index is 0.0286. The van der Waals surface area contributed by atoms with Crippen molar-refractivity contribution in [1.29, 1.82) is 5.26 Å². The van der Waals surface area contributed by atoms with Crippen LogP contribution in [0.2, 0.25) is 0 Å². The normalized spacial score (nSPS) is 20.8. The summed E-state index contributed by atoms with van der Waals surface area (Å²) < 4.78 is 13.3. The van der Waals surface area contributed by atoms with Crippen LogP contribution in [0, 0.1) is 18.3 Å². The van der Waals surface area contributed by atoms with Crippen molar-refractivity contribution in [3.8, 4) is 11.8 Å². The summed E-state index contributed by atoms with van der Waals surface area (Å²) in [5, 5.41) is 9.81. The highest BCUT2D eigenvalue weighted by atomic mass is 32.2. The molecule has 1 amide bonds. The third-order valence-electron chi connectivity index (χ3n) is 6.81. The summed E-state index contributed by atoms with van der Waals surface area (Å²) in [6.07, 6.45) is 2.39. The maximum Gasteiger partial charge on any atom is 0.270 e. The van der Waals surface area contributed by atoms with Crippen molar-refractivity contribution in [3.63, 3.8) is 0 Å². The van der Waals surface area contributed by atoms with Gasteiger partial charge in [0.15, 0.2) is 0 Å². The van der Waals surface area contributed by atoms with Gasteiger partial charge in [-0.05, 0) is 63.5 Å². The highest BCUT2D eigenvalue weighted by Gasteiger charge is 2.34. The summed E-state index contributed by atoms with van der Waals surface area (Å²) >= 11 is 6.83. The smallest absolute Gasteiger partial charge is 0.270 e. The molecule has 8 nitrogen and oxygen atoms in total. The molecule has 2 aliphatic heterocycles. The minimum Gasteiger partial charge on any atom is -0.497 e. The van der Waals surface area contributed by atoms with Gasteiger partial charge in [-0.25, -0.2) is 0 Å². The molecular formula is C28H32N4O4S2.